The Balaban J connectivity index is 1.31. The molecule has 5 aliphatic rings. The molecule has 4 aliphatic carbocycles. The van der Waals surface area contributed by atoms with E-state index >= 15 is 4.39 Å². The molecule has 0 unspecified atom stereocenters. The summed E-state index contributed by atoms with van der Waals surface area (Å²) in [5.74, 6) is -2.13. The van der Waals surface area contributed by atoms with Crippen molar-refractivity contribution in [1.82, 2.24) is 20.7 Å². The van der Waals surface area contributed by atoms with E-state index in [1.165, 1.54) is 36.8 Å². The second kappa shape index (κ2) is 10.3. The standard InChI is InChI=1S/C26H32F4N4O4/c27-21-10-19(22(35)31-32-23(36)26(28,29)30)1-2-20(21)14-34(24(37)33-3-5-38-6-4-33)15-25-11-16-7-17(12-25)9-18(8-16)13-25/h1-2,10,16-18H,3-9,11-15H2,(H,31,35)(H,32,36). The summed E-state index contributed by atoms with van der Waals surface area (Å²) < 4.78 is 57.6. The first-order valence-electron chi connectivity index (χ1n) is 13.1. The van der Waals surface area contributed by atoms with Crippen LogP contribution in [0.4, 0.5) is 22.4 Å². The average Bonchev–Trinajstić information content (AvgIpc) is 2.86. The molecule has 1 heterocycles. The number of hydrazine groups is 1. The Hall–Kier alpha value is -2.89. The van der Waals surface area contributed by atoms with E-state index in [1.54, 1.807) is 15.2 Å². The molecule has 0 spiro atoms. The van der Waals surface area contributed by atoms with Gasteiger partial charge in [0.15, 0.2) is 0 Å². The minimum absolute atomic E-state index is 0.0104. The van der Waals surface area contributed by atoms with Gasteiger partial charge in [0, 0.05) is 30.8 Å². The molecule has 0 aromatic heterocycles. The minimum Gasteiger partial charge on any atom is -0.378 e. The Labute approximate surface area is 218 Å². The lowest BCUT2D eigenvalue weighted by atomic mass is 9.49. The molecule has 208 valence electrons. The fraction of sp³-hybridized carbons (Fsp3) is 0.654. The highest BCUT2D eigenvalue weighted by Gasteiger charge is 2.52. The number of hydrogen-bond acceptors (Lipinski definition) is 4. The van der Waals surface area contributed by atoms with Crippen molar-refractivity contribution >= 4 is 17.8 Å². The first kappa shape index (κ1) is 26.7. The SMILES string of the molecule is O=C(NNC(=O)C(F)(F)F)c1ccc(CN(CC23CC4CC(CC(C4)C2)C3)C(=O)N2CCOCC2)c(F)c1. The molecular weight excluding hydrogens is 508 g/mol. The second-order valence-corrected chi connectivity index (χ2v) is 11.4. The molecule has 1 saturated heterocycles. The fourth-order valence-electron chi connectivity index (χ4n) is 7.31. The van der Waals surface area contributed by atoms with E-state index in [0.29, 0.717) is 50.6 Å². The number of halogens is 4. The van der Waals surface area contributed by atoms with Crippen LogP contribution < -0.4 is 10.9 Å². The van der Waals surface area contributed by atoms with E-state index in [-0.39, 0.29) is 29.1 Å². The van der Waals surface area contributed by atoms with Gasteiger partial charge in [0.05, 0.1) is 19.8 Å². The molecule has 1 aromatic carbocycles. The number of carbonyl (C=O) groups excluding carboxylic acids is 3. The lowest BCUT2D eigenvalue weighted by molar-refractivity contribution is -0.174. The molecule has 5 fully saturated rings. The number of benzene rings is 1. The summed E-state index contributed by atoms with van der Waals surface area (Å²) in [6.45, 7) is 2.36. The molecule has 4 amide bonds. The smallest absolute Gasteiger partial charge is 0.378 e. The molecule has 1 aromatic rings. The Morgan fingerprint density at radius 2 is 1.61 bits per heavy atom. The molecule has 6 rings (SSSR count). The fourth-order valence-corrected chi connectivity index (χ4v) is 7.31. The van der Waals surface area contributed by atoms with Crippen molar-refractivity contribution in [2.24, 2.45) is 23.2 Å². The zero-order valence-corrected chi connectivity index (χ0v) is 21.0. The first-order valence-corrected chi connectivity index (χ1v) is 13.1. The molecule has 38 heavy (non-hydrogen) atoms. The van der Waals surface area contributed by atoms with Crippen molar-refractivity contribution in [1.29, 1.82) is 0 Å². The summed E-state index contributed by atoms with van der Waals surface area (Å²) in [5.41, 5.74) is 2.86. The predicted octanol–water partition coefficient (Wildman–Crippen LogP) is 3.62. The van der Waals surface area contributed by atoms with E-state index in [0.717, 1.165) is 25.3 Å². The predicted molar refractivity (Wildman–Crippen MR) is 127 cm³/mol. The number of nitrogens with one attached hydrogen (secondary N) is 2. The van der Waals surface area contributed by atoms with Gasteiger partial charge in [0.25, 0.3) is 5.91 Å². The number of amides is 4. The average molecular weight is 541 g/mol. The van der Waals surface area contributed by atoms with E-state index in [1.807, 2.05) is 0 Å². The van der Waals surface area contributed by atoms with Gasteiger partial charge in [-0.05, 0) is 73.8 Å². The van der Waals surface area contributed by atoms with Gasteiger partial charge in [-0.1, -0.05) is 6.07 Å². The third kappa shape index (κ3) is 5.74. The number of alkyl halides is 3. The molecular formula is C26H32F4N4O4. The van der Waals surface area contributed by atoms with Crippen LogP contribution >= 0.6 is 0 Å². The number of carbonyl (C=O) groups is 3. The summed E-state index contributed by atoms with van der Waals surface area (Å²) >= 11 is 0. The number of urea groups is 1. The number of rotatable bonds is 5. The van der Waals surface area contributed by atoms with E-state index in [9.17, 15) is 27.6 Å². The number of nitrogens with zero attached hydrogens (tertiary/aromatic N) is 2. The number of morpholine rings is 1. The minimum atomic E-state index is -5.17. The highest BCUT2D eigenvalue weighted by Crippen LogP contribution is 2.60. The largest absolute Gasteiger partial charge is 0.472 e. The molecule has 2 N–H and O–H groups in total. The molecule has 0 atom stereocenters. The Morgan fingerprint density at radius 3 is 2.16 bits per heavy atom. The van der Waals surface area contributed by atoms with Gasteiger partial charge in [-0.3, -0.25) is 20.4 Å². The normalized spacial score (nSPS) is 28.2. The third-order valence-electron chi connectivity index (χ3n) is 8.47. The van der Waals surface area contributed by atoms with Gasteiger partial charge in [0.1, 0.15) is 5.82 Å². The zero-order chi connectivity index (χ0) is 27.1. The van der Waals surface area contributed by atoms with Crippen molar-refractivity contribution in [3.05, 3.63) is 35.1 Å². The quantitative estimate of drug-likeness (QED) is 0.441. The third-order valence-corrected chi connectivity index (χ3v) is 8.47. The van der Waals surface area contributed by atoms with Gasteiger partial charge in [0.2, 0.25) is 0 Å². The molecule has 4 bridgehead atoms. The van der Waals surface area contributed by atoms with Crippen molar-refractivity contribution in [3.8, 4) is 0 Å². The molecule has 0 radical (unpaired) electrons. The molecule has 1 aliphatic heterocycles. The van der Waals surface area contributed by atoms with Gasteiger partial charge in [-0.15, -0.1) is 0 Å². The van der Waals surface area contributed by atoms with Crippen molar-refractivity contribution < 1.29 is 36.7 Å². The second-order valence-electron chi connectivity index (χ2n) is 11.4. The van der Waals surface area contributed by atoms with Crippen LogP contribution in [-0.4, -0.2) is 66.7 Å². The van der Waals surface area contributed by atoms with Crippen LogP contribution in [0.2, 0.25) is 0 Å². The lowest BCUT2D eigenvalue weighted by Crippen LogP contribution is -2.55. The summed E-state index contributed by atoms with van der Waals surface area (Å²) in [5, 5.41) is 0. The van der Waals surface area contributed by atoms with Crippen LogP contribution in [0.1, 0.15) is 54.4 Å². The van der Waals surface area contributed by atoms with E-state index < -0.39 is 23.8 Å². The Morgan fingerprint density at radius 1 is 1.00 bits per heavy atom. The molecule has 12 heteroatoms. The van der Waals surface area contributed by atoms with Gasteiger partial charge >= 0.3 is 18.1 Å². The highest BCUT2D eigenvalue weighted by molar-refractivity contribution is 5.96. The topological polar surface area (TPSA) is 91.0 Å². The maximum atomic E-state index is 15.1. The maximum Gasteiger partial charge on any atom is 0.472 e. The Kier molecular flexibility index (Phi) is 7.27. The van der Waals surface area contributed by atoms with Crippen molar-refractivity contribution in [2.45, 2.75) is 51.2 Å². The zero-order valence-electron chi connectivity index (χ0n) is 21.0. The van der Waals surface area contributed by atoms with Crippen LogP contribution in [0.5, 0.6) is 0 Å². The van der Waals surface area contributed by atoms with Gasteiger partial charge < -0.3 is 14.5 Å². The van der Waals surface area contributed by atoms with Gasteiger partial charge in [-0.25, -0.2) is 9.18 Å². The number of hydrogen-bond donors (Lipinski definition) is 2. The molecule has 4 saturated carbocycles. The van der Waals surface area contributed by atoms with Crippen LogP contribution in [0.15, 0.2) is 18.2 Å². The van der Waals surface area contributed by atoms with E-state index in [2.05, 4.69) is 0 Å². The summed E-state index contributed by atoms with van der Waals surface area (Å²) in [4.78, 5) is 40.1. The van der Waals surface area contributed by atoms with Crippen LogP contribution in [-0.2, 0) is 16.1 Å². The highest BCUT2D eigenvalue weighted by atomic mass is 19.4. The first-order chi connectivity index (χ1) is 18.0. The number of ether oxygens (including phenoxy) is 1. The Bertz CT molecular complexity index is 1050. The van der Waals surface area contributed by atoms with Crippen molar-refractivity contribution in [2.75, 3.05) is 32.8 Å². The lowest BCUT2D eigenvalue weighted by Gasteiger charge is -2.58. The van der Waals surface area contributed by atoms with Gasteiger partial charge in [-0.2, -0.15) is 13.2 Å². The van der Waals surface area contributed by atoms with Crippen LogP contribution in [0.3, 0.4) is 0 Å². The maximum absolute atomic E-state index is 15.1. The van der Waals surface area contributed by atoms with Crippen LogP contribution in [0.25, 0.3) is 0 Å². The molecule has 8 nitrogen and oxygen atoms in total. The van der Waals surface area contributed by atoms with E-state index in [4.69, 9.17) is 4.74 Å². The summed E-state index contributed by atoms with van der Waals surface area (Å²) in [6.07, 6.45) is 1.86. The van der Waals surface area contributed by atoms with Crippen LogP contribution in [0, 0.1) is 29.0 Å². The summed E-state index contributed by atoms with van der Waals surface area (Å²) in [7, 11) is 0. The van der Waals surface area contributed by atoms with Crippen molar-refractivity contribution in [3.63, 3.8) is 0 Å². The monoisotopic (exact) mass is 540 g/mol. The summed E-state index contributed by atoms with van der Waals surface area (Å²) in [6, 6.07) is 3.34.